The molecule has 17 heavy (non-hydrogen) atoms. The number of hydrogen-bond acceptors (Lipinski definition) is 3. The average Bonchev–Trinajstić information content (AvgIpc) is 2.16. The van der Waals surface area contributed by atoms with Crippen LogP contribution in [0, 0.1) is 5.92 Å². The molecular weight excluding hydrogens is 238 g/mol. The molecule has 0 aromatic heterocycles. The Labute approximate surface area is 111 Å². The van der Waals surface area contributed by atoms with Gasteiger partial charge >= 0.3 is 0 Å². The summed E-state index contributed by atoms with van der Waals surface area (Å²) in [6, 6.07) is -0.230. The lowest BCUT2D eigenvalue weighted by Crippen LogP contribution is -2.48. The summed E-state index contributed by atoms with van der Waals surface area (Å²) in [6.45, 7) is 9.28. The van der Waals surface area contributed by atoms with Crippen LogP contribution in [-0.4, -0.2) is 42.5 Å². The summed E-state index contributed by atoms with van der Waals surface area (Å²) in [4.78, 5) is 13.8. The van der Waals surface area contributed by atoms with E-state index in [1.165, 1.54) is 12.8 Å². The maximum atomic E-state index is 11.4. The lowest BCUT2D eigenvalue weighted by Gasteiger charge is -2.33. The Morgan fingerprint density at radius 3 is 2.71 bits per heavy atom. The molecule has 0 aliphatic carbocycles. The molecule has 3 atom stereocenters. The van der Waals surface area contributed by atoms with Crippen molar-refractivity contribution in [3.8, 4) is 0 Å². The molecule has 4 nitrogen and oxygen atoms in total. The van der Waals surface area contributed by atoms with Gasteiger partial charge < -0.3 is 16.0 Å². The molecule has 1 aliphatic heterocycles. The van der Waals surface area contributed by atoms with Crippen LogP contribution in [0.25, 0.3) is 0 Å². The minimum absolute atomic E-state index is 0. The number of rotatable bonds is 4. The first kappa shape index (κ1) is 16.7. The van der Waals surface area contributed by atoms with Crippen LogP contribution in [0.3, 0.4) is 0 Å². The van der Waals surface area contributed by atoms with E-state index >= 15 is 0 Å². The van der Waals surface area contributed by atoms with Crippen LogP contribution in [0.4, 0.5) is 0 Å². The predicted molar refractivity (Wildman–Crippen MR) is 73.3 cm³/mol. The third-order valence-corrected chi connectivity index (χ3v) is 3.08. The molecule has 0 aromatic rings. The highest BCUT2D eigenvalue weighted by molar-refractivity contribution is 5.85. The number of nitrogens with one attached hydrogen (secondary N) is 1. The van der Waals surface area contributed by atoms with Crippen LogP contribution in [-0.2, 0) is 4.79 Å². The molecule has 0 radical (unpaired) electrons. The van der Waals surface area contributed by atoms with Gasteiger partial charge in [-0.2, -0.15) is 0 Å². The largest absolute Gasteiger partial charge is 0.351 e. The highest BCUT2D eigenvalue weighted by atomic mass is 35.5. The molecular formula is C12H26ClN3O. The molecule has 3 N–H and O–H groups in total. The molecule has 0 bridgehead atoms. The number of amides is 1. The van der Waals surface area contributed by atoms with Gasteiger partial charge in [0.2, 0.25) is 5.91 Å². The molecule has 0 saturated carbocycles. The van der Waals surface area contributed by atoms with E-state index in [1.807, 2.05) is 6.92 Å². The van der Waals surface area contributed by atoms with Crippen LogP contribution >= 0.6 is 12.4 Å². The first-order valence-electron chi connectivity index (χ1n) is 6.27. The number of carbonyl (C=O) groups excluding carboxylic acids is 1. The van der Waals surface area contributed by atoms with Crippen molar-refractivity contribution < 1.29 is 4.79 Å². The Kier molecular flexibility index (Phi) is 7.75. The van der Waals surface area contributed by atoms with Crippen molar-refractivity contribution in [3.63, 3.8) is 0 Å². The van der Waals surface area contributed by atoms with Gasteiger partial charge in [-0.25, -0.2) is 0 Å². The van der Waals surface area contributed by atoms with E-state index in [0.717, 1.165) is 25.6 Å². The maximum absolute atomic E-state index is 11.4. The number of hydrogen-bond donors (Lipinski definition) is 2. The van der Waals surface area contributed by atoms with E-state index in [1.54, 1.807) is 6.92 Å². The van der Waals surface area contributed by atoms with Gasteiger partial charge in [0.25, 0.3) is 0 Å². The molecule has 1 heterocycles. The Bertz CT molecular complexity index is 236. The monoisotopic (exact) mass is 263 g/mol. The van der Waals surface area contributed by atoms with E-state index in [-0.39, 0.29) is 24.4 Å². The minimum atomic E-state index is -0.414. The summed E-state index contributed by atoms with van der Waals surface area (Å²) in [6.07, 6.45) is 2.60. The number of nitrogens with zero attached hydrogens (tertiary/aromatic N) is 1. The fraction of sp³-hybridized carbons (Fsp3) is 0.917. The van der Waals surface area contributed by atoms with E-state index in [0.29, 0.717) is 0 Å². The molecule has 102 valence electrons. The van der Waals surface area contributed by atoms with Crippen LogP contribution < -0.4 is 11.1 Å². The average molecular weight is 264 g/mol. The van der Waals surface area contributed by atoms with Gasteiger partial charge in [0, 0.05) is 19.1 Å². The fourth-order valence-electron chi connectivity index (χ4n) is 2.26. The van der Waals surface area contributed by atoms with Gasteiger partial charge in [0.05, 0.1) is 6.04 Å². The molecule has 3 unspecified atom stereocenters. The summed E-state index contributed by atoms with van der Waals surface area (Å²) in [5.74, 6) is 0.725. The van der Waals surface area contributed by atoms with Crippen molar-refractivity contribution in [3.05, 3.63) is 0 Å². The third kappa shape index (κ3) is 6.24. The standard InChI is InChI=1S/C12H25N3O.ClH/c1-9-5-4-6-15(7-9)8-10(2)14-12(16)11(3)13;/h9-11H,4-8,13H2,1-3H3,(H,14,16);1H. The summed E-state index contributed by atoms with van der Waals surface area (Å²) >= 11 is 0. The molecule has 1 fully saturated rings. The first-order valence-corrected chi connectivity index (χ1v) is 6.27. The molecule has 0 spiro atoms. The van der Waals surface area contributed by atoms with Gasteiger partial charge in [-0.05, 0) is 39.2 Å². The van der Waals surface area contributed by atoms with Gasteiger partial charge in [-0.15, -0.1) is 12.4 Å². The third-order valence-electron chi connectivity index (χ3n) is 3.08. The Morgan fingerprint density at radius 1 is 1.53 bits per heavy atom. The van der Waals surface area contributed by atoms with Gasteiger partial charge in [-0.1, -0.05) is 6.92 Å². The number of halogens is 1. The van der Waals surface area contributed by atoms with Crippen LogP contribution in [0.1, 0.15) is 33.6 Å². The predicted octanol–water partition coefficient (Wildman–Crippen LogP) is 0.992. The zero-order valence-electron chi connectivity index (χ0n) is 11.1. The zero-order valence-corrected chi connectivity index (χ0v) is 11.9. The fourth-order valence-corrected chi connectivity index (χ4v) is 2.26. The van der Waals surface area contributed by atoms with Crippen molar-refractivity contribution >= 4 is 18.3 Å². The SMILES string of the molecule is CC1CCCN(CC(C)NC(=O)C(C)N)C1.Cl. The lowest BCUT2D eigenvalue weighted by atomic mass is 10.00. The number of likely N-dealkylation sites (tertiary alicyclic amines) is 1. The lowest BCUT2D eigenvalue weighted by molar-refractivity contribution is -0.122. The molecule has 5 heteroatoms. The summed E-state index contributed by atoms with van der Waals surface area (Å²) in [7, 11) is 0. The Hall–Kier alpha value is -0.320. The van der Waals surface area contributed by atoms with Crippen molar-refractivity contribution in [1.29, 1.82) is 0 Å². The topological polar surface area (TPSA) is 58.4 Å². The number of piperidine rings is 1. The van der Waals surface area contributed by atoms with Crippen molar-refractivity contribution in [2.75, 3.05) is 19.6 Å². The van der Waals surface area contributed by atoms with Gasteiger partial charge in [-0.3, -0.25) is 4.79 Å². The molecule has 1 amide bonds. The highest BCUT2D eigenvalue weighted by Gasteiger charge is 2.19. The molecule has 1 rings (SSSR count). The number of carbonyl (C=O) groups is 1. The summed E-state index contributed by atoms with van der Waals surface area (Å²) < 4.78 is 0. The Morgan fingerprint density at radius 2 is 2.18 bits per heavy atom. The first-order chi connectivity index (χ1) is 7.49. The van der Waals surface area contributed by atoms with Gasteiger partial charge in [0.1, 0.15) is 0 Å². The maximum Gasteiger partial charge on any atom is 0.236 e. The van der Waals surface area contributed by atoms with Crippen molar-refractivity contribution in [2.45, 2.75) is 45.7 Å². The highest BCUT2D eigenvalue weighted by Crippen LogP contribution is 2.15. The minimum Gasteiger partial charge on any atom is -0.351 e. The van der Waals surface area contributed by atoms with Gasteiger partial charge in [0.15, 0.2) is 0 Å². The van der Waals surface area contributed by atoms with E-state index in [9.17, 15) is 4.79 Å². The summed E-state index contributed by atoms with van der Waals surface area (Å²) in [5, 5.41) is 2.94. The second-order valence-electron chi connectivity index (χ2n) is 5.21. The molecule has 0 aromatic carbocycles. The van der Waals surface area contributed by atoms with Crippen LogP contribution in [0.15, 0.2) is 0 Å². The Balaban J connectivity index is 0.00000256. The summed E-state index contributed by atoms with van der Waals surface area (Å²) in [5.41, 5.74) is 5.51. The van der Waals surface area contributed by atoms with Crippen LogP contribution in [0.2, 0.25) is 0 Å². The quantitative estimate of drug-likeness (QED) is 0.795. The second-order valence-corrected chi connectivity index (χ2v) is 5.21. The molecule has 1 saturated heterocycles. The normalized spacial score (nSPS) is 24.6. The zero-order chi connectivity index (χ0) is 12.1. The smallest absolute Gasteiger partial charge is 0.236 e. The number of nitrogens with two attached hydrogens (primary N) is 1. The van der Waals surface area contributed by atoms with Crippen molar-refractivity contribution in [1.82, 2.24) is 10.2 Å². The van der Waals surface area contributed by atoms with E-state index in [2.05, 4.69) is 17.1 Å². The molecule has 1 aliphatic rings. The van der Waals surface area contributed by atoms with E-state index in [4.69, 9.17) is 5.73 Å². The van der Waals surface area contributed by atoms with Crippen molar-refractivity contribution in [2.24, 2.45) is 11.7 Å². The van der Waals surface area contributed by atoms with Crippen LogP contribution in [0.5, 0.6) is 0 Å². The second kappa shape index (κ2) is 7.90. The van der Waals surface area contributed by atoms with E-state index < -0.39 is 6.04 Å².